The number of benzene rings is 1. The summed E-state index contributed by atoms with van der Waals surface area (Å²) in [6, 6.07) is 9.36. The lowest BCUT2D eigenvalue weighted by molar-refractivity contribution is 0.0915. The zero-order valence-electron chi connectivity index (χ0n) is 11.2. The molecule has 0 aliphatic heterocycles. The Hall–Kier alpha value is -1.65. The maximum Gasteiger partial charge on any atom is 0.244 e. The fraction of sp³-hybridized carbons (Fsp3) is 0.286. The van der Waals surface area contributed by atoms with Gasteiger partial charge in [0.1, 0.15) is 0 Å². The molecule has 4 nitrogen and oxygen atoms in total. The van der Waals surface area contributed by atoms with Crippen LogP contribution in [0.25, 0.3) is 11.3 Å². The van der Waals surface area contributed by atoms with Crippen molar-refractivity contribution in [3.8, 4) is 11.3 Å². The maximum absolute atomic E-state index is 11.6. The van der Waals surface area contributed by atoms with Crippen LogP contribution in [0.3, 0.4) is 0 Å². The van der Waals surface area contributed by atoms with Gasteiger partial charge < -0.3 is 4.90 Å². The highest BCUT2D eigenvalue weighted by atomic mass is 35.5. The molecule has 1 heterocycles. The van der Waals surface area contributed by atoms with Gasteiger partial charge in [0.05, 0.1) is 11.4 Å². The highest BCUT2D eigenvalue weighted by Gasteiger charge is 2.13. The molecule has 100 valence electrons. The Balaban J connectivity index is 2.42. The van der Waals surface area contributed by atoms with Gasteiger partial charge >= 0.3 is 0 Å². The summed E-state index contributed by atoms with van der Waals surface area (Å²) in [6.45, 7) is 2.18. The third-order valence-electron chi connectivity index (χ3n) is 2.70. The third kappa shape index (κ3) is 3.22. The molecule has 0 aliphatic carbocycles. The van der Waals surface area contributed by atoms with Gasteiger partial charge in [-0.1, -0.05) is 23.7 Å². The monoisotopic (exact) mass is 277 g/mol. The number of carbonyl (C=O) groups excluding carboxylic acids is 1. The molecular weight excluding hydrogens is 262 g/mol. The van der Waals surface area contributed by atoms with Gasteiger partial charge in [0.25, 0.3) is 0 Å². The molecule has 19 heavy (non-hydrogen) atoms. The summed E-state index contributed by atoms with van der Waals surface area (Å²) < 4.78 is 1.45. The Labute approximate surface area is 117 Å². The minimum atomic E-state index is -0.0861. The van der Waals surface area contributed by atoms with Crippen LogP contribution in [0.1, 0.15) is 17.4 Å². The van der Waals surface area contributed by atoms with Crippen LogP contribution in [0, 0.1) is 0 Å². The van der Waals surface area contributed by atoms with Crippen molar-refractivity contribution in [2.24, 2.45) is 0 Å². The van der Waals surface area contributed by atoms with Crippen LogP contribution in [0.15, 0.2) is 30.3 Å². The number of hydrogen-bond acceptors (Lipinski definition) is 3. The molecule has 2 rings (SSSR count). The number of hydrogen-bond donors (Lipinski definition) is 0. The summed E-state index contributed by atoms with van der Waals surface area (Å²) >= 11 is 5.87. The minimum Gasteiger partial charge on any atom is -0.304 e. The van der Waals surface area contributed by atoms with Gasteiger partial charge in [0.2, 0.25) is 5.91 Å². The largest absolute Gasteiger partial charge is 0.304 e. The maximum atomic E-state index is 11.6. The first-order valence-corrected chi connectivity index (χ1v) is 6.35. The summed E-state index contributed by atoms with van der Waals surface area (Å²) in [7, 11) is 3.92. The molecule has 0 saturated carbocycles. The Kier molecular flexibility index (Phi) is 4.02. The number of rotatable bonds is 3. The van der Waals surface area contributed by atoms with E-state index < -0.39 is 0 Å². The molecule has 0 saturated heterocycles. The molecule has 0 bridgehead atoms. The lowest BCUT2D eigenvalue weighted by Gasteiger charge is -2.09. The van der Waals surface area contributed by atoms with E-state index in [1.54, 1.807) is 0 Å². The van der Waals surface area contributed by atoms with Crippen LogP contribution in [-0.2, 0) is 6.54 Å². The summed E-state index contributed by atoms with van der Waals surface area (Å²) in [5.41, 5.74) is 2.61. The molecule has 0 atom stereocenters. The molecule has 2 aromatic rings. The van der Waals surface area contributed by atoms with Gasteiger partial charge in [-0.2, -0.15) is 5.10 Å². The van der Waals surface area contributed by atoms with Crippen LogP contribution < -0.4 is 0 Å². The zero-order valence-corrected chi connectivity index (χ0v) is 12.0. The second-order valence-corrected chi connectivity index (χ2v) is 5.13. The van der Waals surface area contributed by atoms with Crippen molar-refractivity contribution in [3.05, 3.63) is 41.0 Å². The first-order chi connectivity index (χ1) is 8.97. The fourth-order valence-electron chi connectivity index (χ4n) is 1.89. The van der Waals surface area contributed by atoms with E-state index in [4.69, 9.17) is 11.6 Å². The second-order valence-electron chi connectivity index (χ2n) is 4.70. The van der Waals surface area contributed by atoms with Crippen molar-refractivity contribution >= 4 is 17.5 Å². The summed E-state index contributed by atoms with van der Waals surface area (Å²) in [4.78, 5) is 13.6. The number of nitrogens with zero attached hydrogens (tertiary/aromatic N) is 3. The van der Waals surface area contributed by atoms with E-state index in [-0.39, 0.29) is 5.91 Å². The molecule has 1 aromatic heterocycles. The van der Waals surface area contributed by atoms with Gasteiger partial charge in [-0.15, -0.1) is 0 Å². The second kappa shape index (κ2) is 5.55. The SMILES string of the molecule is CC(=O)n1nc(-c2ccc(Cl)cc2)cc1CN(C)C. The highest BCUT2D eigenvalue weighted by Crippen LogP contribution is 2.21. The number of halogens is 1. The Bertz CT molecular complexity index is 587. The molecule has 0 spiro atoms. The normalized spacial score (nSPS) is 11.0. The lowest BCUT2D eigenvalue weighted by Crippen LogP contribution is -2.18. The quantitative estimate of drug-likeness (QED) is 0.866. The number of aromatic nitrogens is 2. The van der Waals surface area contributed by atoms with E-state index >= 15 is 0 Å². The van der Waals surface area contributed by atoms with Crippen molar-refractivity contribution in [2.45, 2.75) is 13.5 Å². The van der Waals surface area contributed by atoms with Gasteiger partial charge in [-0.25, -0.2) is 4.68 Å². The summed E-state index contributed by atoms with van der Waals surface area (Å²) in [6.07, 6.45) is 0. The van der Waals surface area contributed by atoms with Crippen LogP contribution in [0.2, 0.25) is 5.02 Å². The van der Waals surface area contributed by atoms with Crippen molar-refractivity contribution in [1.82, 2.24) is 14.7 Å². The molecule has 0 N–H and O–H groups in total. The zero-order chi connectivity index (χ0) is 14.0. The van der Waals surface area contributed by atoms with Gasteiger partial charge in [-0.3, -0.25) is 4.79 Å². The van der Waals surface area contributed by atoms with Crippen molar-refractivity contribution < 1.29 is 4.79 Å². The van der Waals surface area contributed by atoms with E-state index in [0.29, 0.717) is 11.6 Å². The van der Waals surface area contributed by atoms with E-state index in [2.05, 4.69) is 5.10 Å². The van der Waals surface area contributed by atoms with Crippen LogP contribution >= 0.6 is 11.6 Å². The molecule has 1 aromatic carbocycles. The van der Waals surface area contributed by atoms with Crippen molar-refractivity contribution in [2.75, 3.05) is 14.1 Å². The van der Waals surface area contributed by atoms with Crippen LogP contribution in [-0.4, -0.2) is 34.7 Å². The summed E-state index contributed by atoms with van der Waals surface area (Å²) in [5.74, 6) is -0.0861. The average Bonchev–Trinajstić information content (AvgIpc) is 2.73. The van der Waals surface area contributed by atoms with Gasteiger partial charge in [0, 0.05) is 24.1 Å². The molecule has 0 unspecified atom stereocenters. The van der Waals surface area contributed by atoms with E-state index in [9.17, 15) is 4.79 Å². The topological polar surface area (TPSA) is 38.1 Å². The van der Waals surface area contributed by atoms with E-state index in [0.717, 1.165) is 17.0 Å². The first kappa shape index (κ1) is 13.8. The van der Waals surface area contributed by atoms with Gasteiger partial charge in [0.15, 0.2) is 0 Å². The van der Waals surface area contributed by atoms with Crippen molar-refractivity contribution in [3.63, 3.8) is 0 Å². The highest BCUT2D eigenvalue weighted by molar-refractivity contribution is 6.30. The molecular formula is C14H16ClN3O. The van der Waals surface area contributed by atoms with Crippen molar-refractivity contribution in [1.29, 1.82) is 0 Å². The molecule has 0 aliphatic rings. The van der Waals surface area contributed by atoms with E-state index in [1.165, 1.54) is 11.6 Å². The Morgan fingerprint density at radius 2 is 1.95 bits per heavy atom. The average molecular weight is 278 g/mol. The predicted molar refractivity (Wildman–Crippen MR) is 76.4 cm³/mol. The molecule has 0 amide bonds. The number of carbonyl (C=O) groups is 1. The third-order valence-corrected chi connectivity index (χ3v) is 2.95. The minimum absolute atomic E-state index is 0.0861. The first-order valence-electron chi connectivity index (χ1n) is 5.98. The van der Waals surface area contributed by atoms with Crippen LogP contribution in [0.4, 0.5) is 0 Å². The van der Waals surface area contributed by atoms with E-state index in [1.807, 2.05) is 49.3 Å². The standard InChI is InChI=1S/C14H16ClN3O/c1-10(19)18-13(9-17(2)3)8-14(16-18)11-4-6-12(15)7-5-11/h4-8H,9H2,1-3H3. The predicted octanol–water partition coefficient (Wildman–Crippen LogP) is 2.93. The Morgan fingerprint density at radius 3 is 2.47 bits per heavy atom. The molecule has 5 heteroatoms. The van der Waals surface area contributed by atoms with Crippen LogP contribution in [0.5, 0.6) is 0 Å². The molecule has 0 radical (unpaired) electrons. The Morgan fingerprint density at radius 1 is 1.32 bits per heavy atom. The van der Waals surface area contributed by atoms with Gasteiger partial charge in [-0.05, 0) is 32.3 Å². The molecule has 0 fully saturated rings. The summed E-state index contributed by atoms with van der Waals surface area (Å²) in [5, 5.41) is 5.04. The smallest absolute Gasteiger partial charge is 0.244 e. The fourth-order valence-corrected chi connectivity index (χ4v) is 2.02. The lowest BCUT2D eigenvalue weighted by atomic mass is 10.1.